The Balaban J connectivity index is 1.36. The molecule has 1 aliphatic carbocycles. The zero-order valence-electron chi connectivity index (χ0n) is 15.4. The Kier molecular flexibility index (Phi) is 4.40. The highest BCUT2D eigenvalue weighted by molar-refractivity contribution is 7.10. The molecule has 0 spiro atoms. The monoisotopic (exact) mass is 383 g/mol. The Morgan fingerprint density at radius 1 is 1.26 bits per heavy atom. The summed E-state index contributed by atoms with van der Waals surface area (Å²) in [6.07, 6.45) is 5.91. The number of piperidine rings is 1. The van der Waals surface area contributed by atoms with E-state index < -0.39 is 0 Å². The number of carbonyl (C=O) groups is 1. The number of rotatable bonds is 3. The Hall–Kier alpha value is -1.92. The number of nitrogens with zero attached hydrogens (tertiary/aromatic N) is 1. The third kappa shape index (κ3) is 3.05. The van der Waals surface area contributed by atoms with Crippen LogP contribution < -0.4 is 16.2 Å². The molecule has 6 heteroatoms. The molecule has 5 nitrogen and oxygen atoms in total. The van der Waals surface area contributed by atoms with Gasteiger partial charge in [0.05, 0.1) is 0 Å². The first-order chi connectivity index (χ1) is 13.2. The molecule has 1 saturated heterocycles. The van der Waals surface area contributed by atoms with Crippen LogP contribution in [0.4, 0.5) is 0 Å². The van der Waals surface area contributed by atoms with Gasteiger partial charge in [-0.05, 0) is 73.2 Å². The van der Waals surface area contributed by atoms with Crippen LogP contribution in [0.15, 0.2) is 22.3 Å². The van der Waals surface area contributed by atoms with Gasteiger partial charge in [-0.3, -0.25) is 9.59 Å². The van der Waals surface area contributed by atoms with Crippen molar-refractivity contribution in [2.45, 2.75) is 51.1 Å². The lowest BCUT2D eigenvalue weighted by Gasteiger charge is -2.37. The summed E-state index contributed by atoms with van der Waals surface area (Å²) in [6, 6.07) is 3.71. The molecule has 1 amide bonds. The molecule has 0 unspecified atom stereocenters. The van der Waals surface area contributed by atoms with Gasteiger partial charge >= 0.3 is 0 Å². The normalized spacial score (nSPS) is 23.4. The maximum absolute atomic E-state index is 13.0. The van der Waals surface area contributed by atoms with E-state index in [-0.39, 0.29) is 17.0 Å². The van der Waals surface area contributed by atoms with E-state index in [1.807, 2.05) is 22.0 Å². The summed E-state index contributed by atoms with van der Waals surface area (Å²) in [7, 11) is 0. The zero-order valence-corrected chi connectivity index (χ0v) is 16.2. The molecular weight excluding hydrogens is 358 g/mol. The van der Waals surface area contributed by atoms with Crippen LogP contribution in [0, 0.1) is 5.92 Å². The predicted octanol–water partition coefficient (Wildman–Crippen LogP) is 2.43. The summed E-state index contributed by atoms with van der Waals surface area (Å²) in [5.74, 6) is 0.629. The highest BCUT2D eigenvalue weighted by atomic mass is 32.1. The standard InChI is InChI=1S/C21H25N3O2S/c25-20(23-10-15-12-27-19-4-2-1-3-16(15)19)17-5-6-18-14-7-13(8-22-9-14)11-24(18)21(17)26/h5-6,12-14,22H,1-4,7-11H2,(H,23,25)/t13-,14+/m0/s1. The lowest BCUT2D eigenvalue weighted by atomic mass is 9.84. The highest BCUT2D eigenvalue weighted by Gasteiger charge is 2.31. The SMILES string of the molecule is O=C(NCc1csc2c1CCCC2)c1ccc2n(c1=O)C[C@@H]1CNC[C@H]2C1. The second-order valence-electron chi connectivity index (χ2n) is 8.10. The molecular formula is C21H25N3O2S. The number of aryl methyl sites for hydroxylation is 1. The van der Waals surface area contributed by atoms with Crippen molar-refractivity contribution in [2.75, 3.05) is 13.1 Å². The highest BCUT2D eigenvalue weighted by Crippen LogP contribution is 2.32. The Labute approximate surface area is 162 Å². The van der Waals surface area contributed by atoms with Crippen LogP contribution in [0.1, 0.15) is 57.2 Å². The maximum Gasteiger partial charge on any atom is 0.263 e. The Morgan fingerprint density at radius 2 is 2.15 bits per heavy atom. The number of amides is 1. The lowest BCUT2D eigenvalue weighted by Crippen LogP contribution is -2.46. The van der Waals surface area contributed by atoms with Crippen molar-refractivity contribution in [3.63, 3.8) is 0 Å². The number of hydrogen-bond donors (Lipinski definition) is 2. The molecule has 142 valence electrons. The first-order valence-corrected chi connectivity index (χ1v) is 10.9. The number of carbonyl (C=O) groups excluding carboxylic acids is 1. The Morgan fingerprint density at radius 3 is 3.07 bits per heavy atom. The fraction of sp³-hybridized carbons (Fsp3) is 0.524. The smallest absolute Gasteiger partial charge is 0.263 e. The van der Waals surface area contributed by atoms with Crippen molar-refractivity contribution in [3.8, 4) is 0 Å². The van der Waals surface area contributed by atoms with Gasteiger partial charge in [-0.1, -0.05) is 0 Å². The molecule has 2 N–H and O–H groups in total. The van der Waals surface area contributed by atoms with Gasteiger partial charge in [0.1, 0.15) is 5.56 Å². The third-order valence-electron chi connectivity index (χ3n) is 6.34. The summed E-state index contributed by atoms with van der Waals surface area (Å²) < 4.78 is 1.85. The van der Waals surface area contributed by atoms with Gasteiger partial charge in [0.2, 0.25) is 0 Å². The molecule has 3 aliphatic rings. The van der Waals surface area contributed by atoms with Gasteiger partial charge in [0.25, 0.3) is 11.5 Å². The van der Waals surface area contributed by atoms with E-state index in [0.717, 1.165) is 44.6 Å². The molecule has 27 heavy (non-hydrogen) atoms. The van der Waals surface area contributed by atoms with Gasteiger partial charge in [-0.25, -0.2) is 0 Å². The van der Waals surface area contributed by atoms with Crippen LogP contribution in [0.3, 0.4) is 0 Å². The second-order valence-corrected chi connectivity index (χ2v) is 9.06. The molecule has 1 fully saturated rings. The summed E-state index contributed by atoms with van der Waals surface area (Å²) in [6.45, 7) is 3.12. The minimum absolute atomic E-state index is 0.131. The van der Waals surface area contributed by atoms with E-state index in [9.17, 15) is 9.59 Å². The van der Waals surface area contributed by atoms with Crippen LogP contribution in [-0.4, -0.2) is 23.6 Å². The molecule has 5 rings (SSSR count). The van der Waals surface area contributed by atoms with Crippen molar-refractivity contribution in [2.24, 2.45) is 5.92 Å². The molecule has 2 aromatic rings. The fourth-order valence-electron chi connectivity index (χ4n) is 4.94. The van der Waals surface area contributed by atoms with E-state index in [0.29, 0.717) is 18.4 Å². The van der Waals surface area contributed by atoms with E-state index in [1.54, 1.807) is 6.07 Å². The molecule has 2 aromatic heterocycles. The number of pyridine rings is 1. The summed E-state index contributed by atoms with van der Waals surface area (Å²) in [5.41, 5.74) is 3.87. The van der Waals surface area contributed by atoms with Gasteiger partial charge < -0.3 is 15.2 Å². The minimum atomic E-state index is -0.250. The first kappa shape index (κ1) is 17.2. The molecule has 2 atom stereocenters. The van der Waals surface area contributed by atoms with Crippen LogP contribution in [0.5, 0.6) is 0 Å². The lowest BCUT2D eigenvalue weighted by molar-refractivity contribution is 0.0948. The molecule has 0 aromatic carbocycles. The third-order valence-corrected chi connectivity index (χ3v) is 7.48. The average Bonchev–Trinajstić information content (AvgIpc) is 3.10. The van der Waals surface area contributed by atoms with Gasteiger partial charge in [0.15, 0.2) is 0 Å². The van der Waals surface area contributed by atoms with Crippen molar-refractivity contribution in [1.82, 2.24) is 15.2 Å². The minimum Gasteiger partial charge on any atom is -0.348 e. The van der Waals surface area contributed by atoms with Crippen LogP contribution >= 0.6 is 11.3 Å². The van der Waals surface area contributed by atoms with Gasteiger partial charge in [-0.15, -0.1) is 11.3 Å². The van der Waals surface area contributed by atoms with Gasteiger partial charge in [0, 0.05) is 36.1 Å². The quantitative estimate of drug-likeness (QED) is 0.856. The molecule has 4 heterocycles. The molecule has 2 aliphatic heterocycles. The zero-order chi connectivity index (χ0) is 18.4. The van der Waals surface area contributed by atoms with Crippen molar-refractivity contribution in [3.05, 3.63) is 55.1 Å². The fourth-order valence-corrected chi connectivity index (χ4v) is 6.09. The Bertz CT molecular complexity index is 945. The average molecular weight is 384 g/mol. The first-order valence-electron chi connectivity index (χ1n) is 10.0. The van der Waals surface area contributed by atoms with Crippen molar-refractivity contribution in [1.29, 1.82) is 0 Å². The van der Waals surface area contributed by atoms with Crippen LogP contribution in [-0.2, 0) is 25.9 Å². The summed E-state index contributed by atoms with van der Waals surface area (Å²) in [5, 5.41) is 8.61. The number of aromatic nitrogens is 1. The topological polar surface area (TPSA) is 63.1 Å². The number of nitrogens with one attached hydrogen (secondary N) is 2. The summed E-state index contributed by atoms with van der Waals surface area (Å²) in [4.78, 5) is 27.2. The van der Waals surface area contributed by atoms with Gasteiger partial charge in [-0.2, -0.15) is 0 Å². The summed E-state index contributed by atoms with van der Waals surface area (Å²) >= 11 is 1.81. The molecule has 0 radical (unpaired) electrons. The van der Waals surface area contributed by atoms with E-state index in [2.05, 4.69) is 16.0 Å². The van der Waals surface area contributed by atoms with Crippen LogP contribution in [0.2, 0.25) is 0 Å². The van der Waals surface area contributed by atoms with E-state index in [4.69, 9.17) is 0 Å². The molecule has 2 bridgehead atoms. The number of hydrogen-bond acceptors (Lipinski definition) is 4. The van der Waals surface area contributed by atoms with E-state index >= 15 is 0 Å². The van der Waals surface area contributed by atoms with Crippen molar-refractivity contribution >= 4 is 17.2 Å². The number of thiophene rings is 1. The van der Waals surface area contributed by atoms with Crippen LogP contribution in [0.25, 0.3) is 0 Å². The van der Waals surface area contributed by atoms with E-state index in [1.165, 1.54) is 28.8 Å². The second kappa shape index (κ2) is 6.91. The number of fused-ring (bicyclic) bond motifs is 5. The molecule has 0 saturated carbocycles. The maximum atomic E-state index is 13.0. The predicted molar refractivity (Wildman–Crippen MR) is 107 cm³/mol. The largest absolute Gasteiger partial charge is 0.348 e. The van der Waals surface area contributed by atoms with Crippen molar-refractivity contribution < 1.29 is 4.79 Å².